The number of benzene rings is 2. The van der Waals surface area contributed by atoms with Crippen LogP contribution in [0.1, 0.15) is 63.1 Å². The Labute approximate surface area is 212 Å². The Balaban J connectivity index is 1.98. The molecular weight excluding hydrogens is 458 g/mol. The Morgan fingerprint density at radius 1 is 0.944 bits per heavy atom. The third-order valence-corrected chi connectivity index (χ3v) is 6.54. The van der Waals surface area contributed by atoms with Gasteiger partial charge in [-0.3, -0.25) is 19.7 Å². The predicted molar refractivity (Wildman–Crippen MR) is 139 cm³/mol. The second-order valence-corrected chi connectivity index (χ2v) is 9.08. The summed E-state index contributed by atoms with van der Waals surface area (Å²) in [5.41, 5.74) is 0.285. The van der Waals surface area contributed by atoms with E-state index in [1.54, 1.807) is 48.5 Å². The number of hydrogen-bond acceptors (Lipinski definition) is 6. The summed E-state index contributed by atoms with van der Waals surface area (Å²) in [4.78, 5) is 41.4. The number of nitrogens with zero attached hydrogens (tertiary/aromatic N) is 3. The number of para-hydroxylation sites is 1. The van der Waals surface area contributed by atoms with Crippen LogP contribution in [0.5, 0.6) is 0 Å². The summed E-state index contributed by atoms with van der Waals surface area (Å²) < 4.78 is 0. The molecule has 0 aliphatic carbocycles. The number of ketones is 1. The molecule has 1 aliphatic rings. The van der Waals surface area contributed by atoms with E-state index in [0.29, 0.717) is 12.0 Å². The maximum atomic E-state index is 13.2. The van der Waals surface area contributed by atoms with Gasteiger partial charge in [-0.1, -0.05) is 69.2 Å². The first-order valence-electron chi connectivity index (χ1n) is 12.7. The van der Waals surface area contributed by atoms with Crippen molar-refractivity contribution < 1.29 is 19.6 Å². The fourth-order valence-corrected chi connectivity index (χ4v) is 4.63. The highest BCUT2D eigenvalue weighted by atomic mass is 16.6. The van der Waals surface area contributed by atoms with Crippen molar-refractivity contribution in [3.8, 4) is 0 Å². The molecule has 2 aromatic rings. The van der Waals surface area contributed by atoms with Crippen LogP contribution >= 0.6 is 0 Å². The van der Waals surface area contributed by atoms with Gasteiger partial charge < -0.3 is 14.9 Å². The van der Waals surface area contributed by atoms with Gasteiger partial charge in [0.1, 0.15) is 5.76 Å². The van der Waals surface area contributed by atoms with Gasteiger partial charge in [0.2, 0.25) is 0 Å². The number of amides is 1. The van der Waals surface area contributed by atoms with Crippen LogP contribution in [-0.4, -0.2) is 57.7 Å². The molecule has 8 heteroatoms. The van der Waals surface area contributed by atoms with E-state index in [2.05, 4.69) is 18.7 Å². The van der Waals surface area contributed by atoms with Gasteiger partial charge in [-0.15, -0.1) is 0 Å². The molecule has 1 aliphatic heterocycles. The zero-order chi connectivity index (χ0) is 26.1. The molecule has 3 rings (SSSR count). The van der Waals surface area contributed by atoms with Crippen molar-refractivity contribution in [2.75, 3.05) is 26.2 Å². The third kappa shape index (κ3) is 6.18. The maximum absolute atomic E-state index is 13.2. The summed E-state index contributed by atoms with van der Waals surface area (Å²) in [5, 5.41) is 22.9. The minimum absolute atomic E-state index is 0.116. The number of unbranched alkanes of at least 4 members (excludes halogenated alkanes) is 2. The van der Waals surface area contributed by atoms with E-state index in [-0.39, 0.29) is 29.1 Å². The number of nitro groups is 1. The molecule has 1 atom stereocenters. The van der Waals surface area contributed by atoms with Crippen molar-refractivity contribution in [3.05, 3.63) is 81.4 Å². The monoisotopic (exact) mass is 493 g/mol. The number of carbonyl (C=O) groups excluding carboxylic acids is 2. The molecule has 1 fully saturated rings. The molecule has 1 heterocycles. The average molecular weight is 494 g/mol. The summed E-state index contributed by atoms with van der Waals surface area (Å²) in [6.45, 7) is 7.24. The SMILES string of the molecule is CCCCN(CCCC)CCCN1C(=O)C(=O)C(=C(O)c2ccccc2)[C@H]1c1ccccc1[N+](=O)[O-]. The van der Waals surface area contributed by atoms with Crippen LogP contribution in [0.25, 0.3) is 5.76 Å². The van der Waals surface area contributed by atoms with Crippen molar-refractivity contribution in [1.29, 1.82) is 0 Å². The standard InChI is InChI=1S/C28H35N3O5/c1-3-5-17-29(18-6-4-2)19-12-20-30-25(22-15-10-11-16-23(22)31(35)36)24(27(33)28(30)34)26(32)21-13-8-7-9-14-21/h7-11,13-16,25,32H,3-6,12,17-20H2,1-2H3/t25-/m1/s1. The number of aliphatic hydroxyl groups is 1. The van der Waals surface area contributed by atoms with E-state index < -0.39 is 22.7 Å². The lowest BCUT2D eigenvalue weighted by atomic mass is 9.94. The smallest absolute Gasteiger partial charge is 0.295 e. The number of nitro benzene ring substituents is 1. The second-order valence-electron chi connectivity index (χ2n) is 9.08. The zero-order valence-corrected chi connectivity index (χ0v) is 21.1. The van der Waals surface area contributed by atoms with Crippen molar-refractivity contribution in [3.63, 3.8) is 0 Å². The first-order chi connectivity index (χ1) is 17.4. The summed E-state index contributed by atoms with van der Waals surface area (Å²) in [5.74, 6) is -1.90. The largest absolute Gasteiger partial charge is 0.507 e. The number of hydrogen-bond donors (Lipinski definition) is 1. The maximum Gasteiger partial charge on any atom is 0.295 e. The number of Topliss-reactive ketones (excluding diaryl/α,β-unsaturated/α-hetero) is 1. The van der Waals surface area contributed by atoms with Crippen LogP contribution in [0.2, 0.25) is 0 Å². The molecule has 0 radical (unpaired) electrons. The van der Waals surface area contributed by atoms with E-state index in [1.165, 1.54) is 11.0 Å². The van der Waals surface area contributed by atoms with E-state index >= 15 is 0 Å². The van der Waals surface area contributed by atoms with Crippen LogP contribution in [0.4, 0.5) is 5.69 Å². The minimum atomic E-state index is -1.04. The first-order valence-corrected chi connectivity index (χ1v) is 12.7. The zero-order valence-electron chi connectivity index (χ0n) is 21.1. The van der Waals surface area contributed by atoms with E-state index in [4.69, 9.17) is 0 Å². The van der Waals surface area contributed by atoms with Gasteiger partial charge in [-0.25, -0.2) is 0 Å². The number of carbonyl (C=O) groups is 2. The van der Waals surface area contributed by atoms with Gasteiger partial charge in [-0.05, 0) is 45.0 Å². The molecule has 1 amide bonds. The summed E-state index contributed by atoms with van der Waals surface area (Å²) in [7, 11) is 0. The van der Waals surface area contributed by atoms with Gasteiger partial charge in [0.05, 0.1) is 22.1 Å². The molecule has 0 bridgehead atoms. The Morgan fingerprint density at radius 3 is 2.14 bits per heavy atom. The lowest BCUT2D eigenvalue weighted by molar-refractivity contribution is -0.385. The quantitative estimate of drug-likeness (QED) is 0.133. The Bertz CT molecular complexity index is 1090. The normalized spacial score (nSPS) is 17.2. The molecule has 192 valence electrons. The molecule has 0 unspecified atom stereocenters. The van der Waals surface area contributed by atoms with Crippen LogP contribution in [-0.2, 0) is 9.59 Å². The molecule has 36 heavy (non-hydrogen) atoms. The van der Waals surface area contributed by atoms with Crippen molar-refractivity contribution >= 4 is 23.1 Å². The molecule has 2 aromatic carbocycles. The molecule has 0 saturated carbocycles. The second kappa shape index (κ2) is 13.0. The number of likely N-dealkylation sites (tertiary alicyclic amines) is 1. The van der Waals surface area contributed by atoms with Crippen LogP contribution < -0.4 is 0 Å². The topological polar surface area (TPSA) is 104 Å². The Hall–Kier alpha value is -3.52. The van der Waals surface area contributed by atoms with Gasteiger partial charge in [0.15, 0.2) is 0 Å². The van der Waals surface area contributed by atoms with E-state index in [9.17, 15) is 24.8 Å². The van der Waals surface area contributed by atoms with Crippen LogP contribution in [0.15, 0.2) is 60.2 Å². The van der Waals surface area contributed by atoms with Gasteiger partial charge >= 0.3 is 0 Å². The number of aliphatic hydroxyl groups excluding tert-OH is 1. The lowest BCUT2D eigenvalue weighted by Crippen LogP contribution is -2.34. The summed E-state index contributed by atoms with van der Waals surface area (Å²) in [6.07, 6.45) is 4.97. The van der Waals surface area contributed by atoms with Crippen LogP contribution in [0.3, 0.4) is 0 Å². The highest BCUT2D eigenvalue weighted by Crippen LogP contribution is 2.42. The molecule has 1 N–H and O–H groups in total. The van der Waals surface area contributed by atoms with Gasteiger partial charge in [-0.2, -0.15) is 0 Å². The van der Waals surface area contributed by atoms with Crippen molar-refractivity contribution in [1.82, 2.24) is 9.80 Å². The number of rotatable bonds is 13. The minimum Gasteiger partial charge on any atom is -0.507 e. The third-order valence-electron chi connectivity index (χ3n) is 6.54. The highest BCUT2D eigenvalue weighted by Gasteiger charge is 2.47. The van der Waals surface area contributed by atoms with E-state index in [1.807, 2.05) is 0 Å². The Morgan fingerprint density at radius 2 is 1.53 bits per heavy atom. The first kappa shape index (κ1) is 27.1. The predicted octanol–water partition coefficient (Wildman–Crippen LogP) is 5.31. The summed E-state index contributed by atoms with van der Waals surface area (Å²) in [6, 6.07) is 13.5. The van der Waals surface area contributed by atoms with Gasteiger partial charge in [0.25, 0.3) is 17.4 Å². The summed E-state index contributed by atoms with van der Waals surface area (Å²) >= 11 is 0. The van der Waals surface area contributed by atoms with Crippen molar-refractivity contribution in [2.45, 2.75) is 52.0 Å². The van der Waals surface area contributed by atoms with E-state index in [0.717, 1.165) is 45.3 Å². The molecule has 8 nitrogen and oxygen atoms in total. The highest BCUT2D eigenvalue weighted by molar-refractivity contribution is 6.46. The molecule has 0 aromatic heterocycles. The van der Waals surface area contributed by atoms with Gasteiger partial charge in [0, 0.05) is 18.2 Å². The van der Waals surface area contributed by atoms with Crippen LogP contribution in [0, 0.1) is 10.1 Å². The molecular formula is C28H35N3O5. The molecule has 1 saturated heterocycles. The average Bonchev–Trinajstić information content (AvgIpc) is 3.14. The Kier molecular flexibility index (Phi) is 9.76. The molecule has 0 spiro atoms. The van der Waals surface area contributed by atoms with Crippen molar-refractivity contribution in [2.24, 2.45) is 0 Å². The fourth-order valence-electron chi connectivity index (χ4n) is 4.63. The lowest BCUT2D eigenvalue weighted by Gasteiger charge is -2.27. The fraction of sp³-hybridized carbons (Fsp3) is 0.429.